The minimum atomic E-state index is 0.758. The molecule has 0 aromatic carbocycles. The first-order valence-electron chi connectivity index (χ1n) is 7.05. The Morgan fingerprint density at radius 3 is 2.95 bits per heavy atom. The Morgan fingerprint density at radius 2 is 2.20 bits per heavy atom. The van der Waals surface area contributed by atoms with E-state index in [1.165, 1.54) is 11.4 Å². The van der Waals surface area contributed by atoms with Crippen LogP contribution in [0.4, 0.5) is 0 Å². The Bertz CT molecular complexity index is 628. The SMILES string of the molecule is CCc1nn(C)c(Cl)c1CN1CCc2nc(C)[nH]c2C1. The van der Waals surface area contributed by atoms with Gasteiger partial charge in [-0.2, -0.15) is 5.10 Å². The van der Waals surface area contributed by atoms with Crippen LogP contribution in [0, 0.1) is 6.92 Å². The number of aryl methyl sites for hydroxylation is 3. The van der Waals surface area contributed by atoms with E-state index in [9.17, 15) is 0 Å². The Morgan fingerprint density at radius 1 is 1.40 bits per heavy atom. The van der Waals surface area contributed by atoms with E-state index in [0.29, 0.717) is 0 Å². The summed E-state index contributed by atoms with van der Waals surface area (Å²) in [6, 6.07) is 0. The molecule has 2 aromatic heterocycles. The molecule has 0 saturated carbocycles. The van der Waals surface area contributed by atoms with Crippen molar-refractivity contribution in [2.45, 2.75) is 39.8 Å². The van der Waals surface area contributed by atoms with Gasteiger partial charge in [-0.3, -0.25) is 9.58 Å². The Balaban J connectivity index is 1.80. The second-order valence-corrected chi connectivity index (χ2v) is 5.76. The van der Waals surface area contributed by atoms with Gasteiger partial charge in [-0.15, -0.1) is 0 Å². The molecular weight excluding hydrogens is 274 g/mol. The zero-order chi connectivity index (χ0) is 14.3. The lowest BCUT2D eigenvalue weighted by molar-refractivity contribution is 0.241. The minimum absolute atomic E-state index is 0.758. The van der Waals surface area contributed by atoms with Crippen LogP contribution in [0.5, 0.6) is 0 Å². The highest BCUT2D eigenvalue weighted by Crippen LogP contribution is 2.24. The molecule has 3 rings (SSSR count). The lowest BCUT2D eigenvalue weighted by Gasteiger charge is -2.26. The molecule has 0 aliphatic carbocycles. The summed E-state index contributed by atoms with van der Waals surface area (Å²) in [5.74, 6) is 1.01. The number of imidazole rings is 1. The maximum atomic E-state index is 6.37. The number of hydrogen-bond acceptors (Lipinski definition) is 3. The molecule has 0 amide bonds. The van der Waals surface area contributed by atoms with Gasteiger partial charge in [0.25, 0.3) is 0 Å². The van der Waals surface area contributed by atoms with Crippen molar-refractivity contribution in [1.29, 1.82) is 0 Å². The molecule has 0 saturated heterocycles. The van der Waals surface area contributed by atoms with Crippen molar-refractivity contribution >= 4 is 11.6 Å². The first-order valence-corrected chi connectivity index (χ1v) is 7.43. The predicted octanol–water partition coefficient (Wildman–Crippen LogP) is 2.23. The molecular formula is C14H20ClN5. The first-order chi connectivity index (χ1) is 9.58. The van der Waals surface area contributed by atoms with Gasteiger partial charge < -0.3 is 4.98 Å². The van der Waals surface area contributed by atoms with Crippen molar-refractivity contribution in [2.75, 3.05) is 6.54 Å². The van der Waals surface area contributed by atoms with Crippen LogP contribution in [0.15, 0.2) is 0 Å². The fraction of sp³-hybridized carbons (Fsp3) is 0.571. The van der Waals surface area contributed by atoms with Gasteiger partial charge in [-0.25, -0.2) is 4.98 Å². The fourth-order valence-corrected chi connectivity index (χ4v) is 3.10. The summed E-state index contributed by atoms with van der Waals surface area (Å²) in [7, 11) is 1.90. The predicted molar refractivity (Wildman–Crippen MR) is 78.7 cm³/mol. The van der Waals surface area contributed by atoms with Gasteiger partial charge in [0.05, 0.1) is 17.1 Å². The number of hydrogen-bond donors (Lipinski definition) is 1. The first kappa shape index (κ1) is 13.6. The normalized spacial score (nSPS) is 15.6. The van der Waals surface area contributed by atoms with Crippen molar-refractivity contribution in [1.82, 2.24) is 24.6 Å². The van der Waals surface area contributed by atoms with Crippen LogP contribution in [-0.4, -0.2) is 31.2 Å². The third-order valence-corrected chi connectivity index (χ3v) is 4.37. The highest BCUT2D eigenvalue weighted by Gasteiger charge is 2.22. The summed E-state index contributed by atoms with van der Waals surface area (Å²) in [5, 5.41) is 5.24. The summed E-state index contributed by atoms with van der Waals surface area (Å²) in [5.41, 5.74) is 4.72. The number of nitrogens with one attached hydrogen (secondary N) is 1. The van der Waals surface area contributed by atoms with E-state index in [2.05, 4.69) is 26.9 Å². The molecule has 0 unspecified atom stereocenters. The summed E-state index contributed by atoms with van der Waals surface area (Å²) in [6.07, 6.45) is 1.91. The van der Waals surface area contributed by atoms with E-state index >= 15 is 0 Å². The van der Waals surface area contributed by atoms with Crippen LogP contribution < -0.4 is 0 Å². The van der Waals surface area contributed by atoms with Gasteiger partial charge in [-0.05, 0) is 13.3 Å². The molecule has 108 valence electrons. The average molecular weight is 294 g/mol. The lowest BCUT2D eigenvalue weighted by Crippen LogP contribution is -2.30. The standard InChI is InChI=1S/C14H20ClN5/c1-4-11-10(14(15)19(3)18-11)7-20-6-5-12-13(8-20)17-9(2)16-12/h4-8H2,1-3H3,(H,16,17). The van der Waals surface area contributed by atoms with Crippen LogP contribution in [0.2, 0.25) is 5.15 Å². The average Bonchev–Trinajstić information content (AvgIpc) is 2.92. The number of fused-ring (bicyclic) bond motifs is 1. The van der Waals surface area contributed by atoms with Crippen LogP contribution in [-0.2, 0) is 33.0 Å². The number of aromatic amines is 1. The molecule has 1 aliphatic heterocycles. The van der Waals surface area contributed by atoms with Gasteiger partial charge in [-0.1, -0.05) is 18.5 Å². The molecule has 0 bridgehead atoms. The molecule has 0 atom stereocenters. The summed E-state index contributed by atoms with van der Waals surface area (Å²) in [6.45, 7) is 6.91. The summed E-state index contributed by atoms with van der Waals surface area (Å²) >= 11 is 6.37. The van der Waals surface area contributed by atoms with E-state index in [4.69, 9.17) is 11.6 Å². The smallest absolute Gasteiger partial charge is 0.131 e. The molecule has 1 aliphatic rings. The highest BCUT2D eigenvalue weighted by molar-refractivity contribution is 6.30. The topological polar surface area (TPSA) is 49.7 Å². The molecule has 5 nitrogen and oxygen atoms in total. The van der Waals surface area contributed by atoms with Gasteiger partial charge in [0.15, 0.2) is 0 Å². The van der Waals surface area contributed by atoms with Crippen LogP contribution >= 0.6 is 11.6 Å². The monoisotopic (exact) mass is 293 g/mol. The number of nitrogens with zero attached hydrogens (tertiary/aromatic N) is 4. The van der Waals surface area contributed by atoms with Gasteiger partial charge >= 0.3 is 0 Å². The molecule has 1 N–H and O–H groups in total. The number of halogens is 1. The fourth-order valence-electron chi connectivity index (χ4n) is 2.89. The summed E-state index contributed by atoms with van der Waals surface area (Å²) < 4.78 is 1.77. The van der Waals surface area contributed by atoms with Gasteiger partial charge in [0.1, 0.15) is 11.0 Å². The van der Waals surface area contributed by atoms with E-state index in [0.717, 1.165) is 54.7 Å². The zero-order valence-corrected chi connectivity index (χ0v) is 13.0. The molecule has 20 heavy (non-hydrogen) atoms. The molecule has 2 aromatic rings. The second-order valence-electron chi connectivity index (χ2n) is 5.40. The Hall–Kier alpha value is -1.33. The molecule has 0 radical (unpaired) electrons. The third kappa shape index (κ3) is 2.36. The molecule has 0 spiro atoms. The number of aromatic nitrogens is 4. The van der Waals surface area contributed by atoms with E-state index in [1.807, 2.05) is 14.0 Å². The third-order valence-electron chi connectivity index (χ3n) is 3.90. The number of H-pyrrole nitrogens is 1. The summed E-state index contributed by atoms with van der Waals surface area (Å²) in [4.78, 5) is 10.3. The molecule has 6 heteroatoms. The maximum absolute atomic E-state index is 6.37. The molecule has 3 heterocycles. The Labute approximate surface area is 124 Å². The lowest BCUT2D eigenvalue weighted by atomic mass is 10.1. The van der Waals surface area contributed by atoms with Gasteiger partial charge in [0, 0.05) is 38.7 Å². The van der Waals surface area contributed by atoms with Crippen molar-refractivity contribution < 1.29 is 0 Å². The minimum Gasteiger partial charge on any atom is -0.345 e. The van der Waals surface area contributed by atoms with Crippen molar-refractivity contribution in [2.24, 2.45) is 7.05 Å². The van der Waals surface area contributed by atoms with Crippen LogP contribution in [0.1, 0.15) is 35.4 Å². The highest BCUT2D eigenvalue weighted by atomic mass is 35.5. The van der Waals surface area contributed by atoms with E-state index < -0.39 is 0 Å². The van der Waals surface area contributed by atoms with E-state index in [1.54, 1.807) is 4.68 Å². The van der Waals surface area contributed by atoms with E-state index in [-0.39, 0.29) is 0 Å². The maximum Gasteiger partial charge on any atom is 0.131 e. The van der Waals surface area contributed by atoms with Crippen molar-refractivity contribution in [3.63, 3.8) is 0 Å². The number of rotatable bonds is 3. The second kappa shape index (κ2) is 5.22. The Kier molecular flexibility index (Phi) is 3.56. The van der Waals surface area contributed by atoms with Crippen LogP contribution in [0.3, 0.4) is 0 Å². The zero-order valence-electron chi connectivity index (χ0n) is 12.2. The van der Waals surface area contributed by atoms with Crippen molar-refractivity contribution in [3.05, 3.63) is 33.6 Å². The van der Waals surface area contributed by atoms with Crippen molar-refractivity contribution in [3.8, 4) is 0 Å². The van der Waals surface area contributed by atoms with Crippen LogP contribution in [0.25, 0.3) is 0 Å². The molecule has 0 fully saturated rings. The quantitative estimate of drug-likeness (QED) is 0.944. The van der Waals surface area contributed by atoms with Gasteiger partial charge in [0.2, 0.25) is 0 Å². The largest absolute Gasteiger partial charge is 0.345 e.